The van der Waals surface area contributed by atoms with E-state index in [2.05, 4.69) is 36.5 Å². The zero-order valence-corrected chi connectivity index (χ0v) is 14.9. The number of nitrogens with zero attached hydrogens (tertiary/aromatic N) is 1. The molecule has 6 heteroatoms. The van der Waals surface area contributed by atoms with E-state index in [0.29, 0.717) is 25.9 Å². The van der Waals surface area contributed by atoms with Crippen LogP contribution in [0.1, 0.15) is 43.4 Å². The Morgan fingerprint density at radius 2 is 1.83 bits per heavy atom. The zero-order valence-electron chi connectivity index (χ0n) is 14.1. The number of hydrogen-bond donors (Lipinski definition) is 1. The molecule has 0 aliphatic carbocycles. The van der Waals surface area contributed by atoms with Crippen molar-refractivity contribution in [3.8, 4) is 0 Å². The standard InChI is InChI=1S/C17H26N2O3S/c1-4-16(14-7-5-13(2)6-8-14)18-17(20)15-9-11-19(12-10-15)23(3,21)22/h5-8,15-16H,4,9-12H2,1-3H3,(H,18,20). The minimum atomic E-state index is -3.15. The van der Waals surface area contributed by atoms with Crippen LogP contribution in [0.5, 0.6) is 0 Å². The molecule has 0 aromatic heterocycles. The third kappa shape index (κ3) is 4.78. The van der Waals surface area contributed by atoms with Gasteiger partial charge in [-0.1, -0.05) is 36.8 Å². The molecule has 1 atom stereocenters. The van der Waals surface area contributed by atoms with E-state index in [1.54, 1.807) is 0 Å². The SMILES string of the molecule is CCC(NC(=O)C1CCN(S(C)(=O)=O)CC1)c1ccc(C)cc1. The molecule has 1 fully saturated rings. The van der Waals surface area contributed by atoms with Crippen molar-refractivity contribution in [3.63, 3.8) is 0 Å². The minimum absolute atomic E-state index is 0.0102. The van der Waals surface area contributed by atoms with Crippen molar-refractivity contribution >= 4 is 15.9 Å². The van der Waals surface area contributed by atoms with Crippen LogP contribution < -0.4 is 5.32 Å². The summed E-state index contributed by atoms with van der Waals surface area (Å²) in [5.74, 6) is -0.0712. The first kappa shape index (κ1) is 17.9. The van der Waals surface area contributed by atoms with E-state index in [4.69, 9.17) is 0 Å². The zero-order chi connectivity index (χ0) is 17.0. The van der Waals surface area contributed by atoms with Crippen LogP contribution in [-0.4, -0.2) is 38.0 Å². The van der Waals surface area contributed by atoms with Gasteiger partial charge in [0.1, 0.15) is 0 Å². The van der Waals surface area contributed by atoms with Crippen molar-refractivity contribution in [2.45, 2.75) is 39.2 Å². The fourth-order valence-corrected chi connectivity index (χ4v) is 3.83. The van der Waals surface area contributed by atoms with Crippen LogP contribution >= 0.6 is 0 Å². The predicted octanol–water partition coefficient (Wildman–Crippen LogP) is 2.23. The van der Waals surface area contributed by atoms with Crippen molar-refractivity contribution in [1.29, 1.82) is 0 Å². The third-order valence-electron chi connectivity index (χ3n) is 4.50. The van der Waals surface area contributed by atoms with Crippen LogP contribution in [0.2, 0.25) is 0 Å². The van der Waals surface area contributed by atoms with Crippen molar-refractivity contribution in [1.82, 2.24) is 9.62 Å². The Kier molecular flexibility index (Phi) is 5.81. The summed E-state index contributed by atoms with van der Waals surface area (Å²) in [7, 11) is -3.15. The number of rotatable bonds is 5. The monoisotopic (exact) mass is 338 g/mol. The fourth-order valence-electron chi connectivity index (χ4n) is 2.96. The maximum atomic E-state index is 12.5. The second-order valence-corrected chi connectivity index (χ2v) is 8.30. The Balaban J connectivity index is 1.94. The Labute approximate surface area is 139 Å². The second-order valence-electron chi connectivity index (χ2n) is 6.32. The number of carbonyl (C=O) groups excluding carboxylic acids is 1. The summed E-state index contributed by atoms with van der Waals surface area (Å²) in [6, 6.07) is 8.21. The topological polar surface area (TPSA) is 66.5 Å². The number of amides is 1. The third-order valence-corrected chi connectivity index (χ3v) is 5.80. The first-order valence-corrected chi connectivity index (χ1v) is 9.98. The van der Waals surface area contributed by atoms with Crippen molar-refractivity contribution < 1.29 is 13.2 Å². The quantitative estimate of drug-likeness (QED) is 0.895. The Morgan fingerprint density at radius 1 is 1.26 bits per heavy atom. The van der Waals surface area contributed by atoms with Gasteiger partial charge in [0.05, 0.1) is 12.3 Å². The summed E-state index contributed by atoms with van der Waals surface area (Å²) in [6.45, 7) is 4.95. The van der Waals surface area contributed by atoms with Gasteiger partial charge < -0.3 is 5.32 Å². The van der Waals surface area contributed by atoms with Crippen LogP contribution in [-0.2, 0) is 14.8 Å². The number of hydrogen-bond acceptors (Lipinski definition) is 3. The molecule has 1 heterocycles. The molecular formula is C17H26N2O3S. The lowest BCUT2D eigenvalue weighted by atomic mass is 9.95. The van der Waals surface area contributed by atoms with Crippen LogP contribution in [0.4, 0.5) is 0 Å². The van der Waals surface area contributed by atoms with Gasteiger partial charge in [0.25, 0.3) is 0 Å². The van der Waals surface area contributed by atoms with Gasteiger partial charge in [-0.25, -0.2) is 12.7 Å². The summed E-state index contributed by atoms with van der Waals surface area (Å²) in [5, 5.41) is 3.12. The van der Waals surface area contributed by atoms with Gasteiger partial charge in [0.15, 0.2) is 0 Å². The molecule has 2 rings (SSSR count). The maximum absolute atomic E-state index is 12.5. The lowest BCUT2D eigenvalue weighted by molar-refractivity contribution is -0.126. The van der Waals surface area contributed by atoms with Crippen molar-refractivity contribution in [3.05, 3.63) is 35.4 Å². The Hall–Kier alpha value is -1.40. The van der Waals surface area contributed by atoms with Crippen LogP contribution in [0, 0.1) is 12.8 Å². The van der Waals surface area contributed by atoms with Gasteiger partial charge in [0, 0.05) is 19.0 Å². The maximum Gasteiger partial charge on any atom is 0.223 e. The highest BCUT2D eigenvalue weighted by Crippen LogP contribution is 2.22. The molecule has 0 spiro atoms. The smallest absolute Gasteiger partial charge is 0.223 e. The predicted molar refractivity (Wildman–Crippen MR) is 91.5 cm³/mol. The number of piperidine rings is 1. The van der Waals surface area contributed by atoms with Crippen molar-refractivity contribution in [2.24, 2.45) is 5.92 Å². The van der Waals surface area contributed by atoms with E-state index >= 15 is 0 Å². The number of sulfonamides is 1. The molecule has 0 bridgehead atoms. The van der Waals surface area contributed by atoms with Crippen LogP contribution in [0.15, 0.2) is 24.3 Å². The average Bonchev–Trinajstić information content (AvgIpc) is 2.52. The van der Waals surface area contributed by atoms with Gasteiger partial charge in [0.2, 0.25) is 15.9 Å². The summed E-state index contributed by atoms with van der Waals surface area (Å²) >= 11 is 0. The summed E-state index contributed by atoms with van der Waals surface area (Å²) in [6.07, 6.45) is 3.22. The first-order chi connectivity index (χ1) is 10.8. The van der Waals surface area contributed by atoms with Gasteiger partial charge in [-0.3, -0.25) is 4.79 Å². The van der Waals surface area contributed by atoms with E-state index in [0.717, 1.165) is 12.0 Å². The summed E-state index contributed by atoms with van der Waals surface area (Å²) in [4.78, 5) is 12.5. The molecule has 1 N–H and O–H groups in total. The Bertz CT molecular complexity index is 632. The summed E-state index contributed by atoms with van der Waals surface area (Å²) in [5.41, 5.74) is 2.31. The normalized spacial score (nSPS) is 18.6. The highest BCUT2D eigenvalue weighted by atomic mass is 32.2. The molecule has 1 saturated heterocycles. The largest absolute Gasteiger partial charge is 0.349 e. The average molecular weight is 338 g/mol. The number of aryl methyl sites for hydroxylation is 1. The molecule has 128 valence electrons. The molecule has 1 aromatic rings. The van der Waals surface area contributed by atoms with Crippen molar-refractivity contribution in [2.75, 3.05) is 19.3 Å². The molecule has 0 radical (unpaired) electrons. The lowest BCUT2D eigenvalue weighted by Gasteiger charge is -2.30. The molecule has 1 aliphatic rings. The lowest BCUT2D eigenvalue weighted by Crippen LogP contribution is -2.43. The fraction of sp³-hybridized carbons (Fsp3) is 0.588. The highest BCUT2D eigenvalue weighted by molar-refractivity contribution is 7.88. The first-order valence-electron chi connectivity index (χ1n) is 8.13. The molecule has 5 nitrogen and oxygen atoms in total. The van der Waals surface area contributed by atoms with Gasteiger partial charge in [-0.2, -0.15) is 0 Å². The molecule has 1 aliphatic heterocycles. The van der Waals surface area contributed by atoms with Crippen LogP contribution in [0.3, 0.4) is 0 Å². The number of benzene rings is 1. The van der Waals surface area contributed by atoms with E-state index in [1.807, 2.05) is 6.92 Å². The van der Waals surface area contributed by atoms with E-state index in [-0.39, 0.29) is 17.9 Å². The van der Waals surface area contributed by atoms with Gasteiger partial charge in [-0.05, 0) is 31.7 Å². The molecule has 1 aromatic carbocycles. The Morgan fingerprint density at radius 3 is 2.30 bits per heavy atom. The molecular weight excluding hydrogens is 312 g/mol. The summed E-state index contributed by atoms with van der Waals surface area (Å²) < 4.78 is 24.5. The second kappa shape index (κ2) is 7.45. The van der Waals surface area contributed by atoms with Gasteiger partial charge in [-0.15, -0.1) is 0 Å². The molecule has 1 amide bonds. The number of carbonyl (C=O) groups is 1. The minimum Gasteiger partial charge on any atom is -0.349 e. The van der Waals surface area contributed by atoms with E-state index in [1.165, 1.54) is 16.1 Å². The van der Waals surface area contributed by atoms with E-state index < -0.39 is 10.0 Å². The molecule has 23 heavy (non-hydrogen) atoms. The number of nitrogens with one attached hydrogen (secondary N) is 1. The van der Waals surface area contributed by atoms with E-state index in [9.17, 15) is 13.2 Å². The van der Waals surface area contributed by atoms with Gasteiger partial charge >= 0.3 is 0 Å². The molecule has 1 unspecified atom stereocenters. The van der Waals surface area contributed by atoms with Crippen LogP contribution in [0.25, 0.3) is 0 Å². The molecule has 0 saturated carbocycles. The highest BCUT2D eigenvalue weighted by Gasteiger charge is 2.29.